The van der Waals surface area contributed by atoms with Gasteiger partial charge in [-0.3, -0.25) is 28.8 Å². The summed E-state index contributed by atoms with van der Waals surface area (Å²) >= 11 is 3.26. The summed E-state index contributed by atoms with van der Waals surface area (Å²) in [5.41, 5.74) is 16.7. The molecule has 0 atom stereocenters. The number of benzene rings is 6. The molecule has 20 nitrogen and oxygen atoms in total. The van der Waals surface area contributed by atoms with Crippen LogP contribution in [0.4, 0.5) is 17.1 Å². The molecular formula is C88H95BBrN9O11. The lowest BCUT2D eigenvalue weighted by atomic mass is 9.78. The molecule has 15 rings (SSSR count). The number of hydrogen-bond acceptors (Lipinski definition) is 13. The van der Waals surface area contributed by atoms with Crippen LogP contribution in [0.2, 0.25) is 0 Å². The van der Waals surface area contributed by atoms with Crippen LogP contribution in [0.15, 0.2) is 200 Å². The van der Waals surface area contributed by atoms with E-state index in [1.54, 1.807) is 13.8 Å². The number of amides is 5. The van der Waals surface area contributed by atoms with Crippen molar-refractivity contribution in [3.63, 3.8) is 0 Å². The average Bonchev–Trinajstić information content (AvgIpc) is 1.63. The van der Waals surface area contributed by atoms with Crippen molar-refractivity contribution in [3.05, 3.63) is 248 Å². The smallest absolute Gasteiger partial charge is 0.456 e. The summed E-state index contributed by atoms with van der Waals surface area (Å²) in [5.74, 6) is 3.76. The van der Waals surface area contributed by atoms with Crippen LogP contribution in [0.3, 0.4) is 0 Å². The summed E-state index contributed by atoms with van der Waals surface area (Å²) in [6.07, 6.45) is 3.45. The lowest BCUT2D eigenvalue weighted by molar-refractivity contribution is -0.115. The lowest BCUT2D eigenvalue weighted by Crippen LogP contribution is -2.41. The number of fused-ring (bicyclic) bond motifs is 3. The van der Waals surface area contributed by atoms with Crippen molar-refractivity contribution in [2.45, 2.75) is 107 Å². The number of carbonyl (C=O) groups is 6. The Bertz CT molecular complexity index is 5100. The number of rotatable bonds is 20. The van der Waals surface area contributed by atoms with E-state index in [-0.39, 0.29) is 47.9 Å². The highest BCUT2D eigenvalue weighted by Gasteiger charge is 2.52. The molecule has 0 spiro atoms. The van der Waals surface area contributed by atoms with Gasteiger partial charge in [0.25, 0.3) is 17.7 Å². The molecule has 5 aromatic heterocycles. The molecule has 0 saturated carbocycles. The largest absolute Gasteiger partial charge is 0.494 e. The highest BCUT2D eigenvalue weighted by molar-refractivity contribution is 9.10. The van der Waals surface area contributed by atoms with Gasteiger partial charge in [-0.15, -0.1) is 0 Å². The number of nitrogens with zero attached hydrogens (tertiary/aromatic N) is 2. The van der Waals surface area contributed by atoms with Crippen molar-refractivity contribution in [1.29, 1.82) is 0 Å². The molecule has 7 N–H and O–H groups in total. The topological polar surface area (TPSA) is 259 Å². The number of halogens is 1. The van der Waals surface area contributed by atoms with E-state index in [1.165, 1.54) is 0 Å². The van der Waals surface area contributed by atoms with Crippen molar-refractivity contribution in [2.24, 2.45) is 0 Å². The van der Waals surface area contributed by atoms with Crippen molar-refractivity contribution in [1.82, 2.24) is 30.4 Å². The molecule has 6 aromatic carbocycles. The molecular weight excluding hydrogens is 1450 g/mol. The number of carbonyl (C=O) groups excluding carboxylic acids is 6. The zero-order valence-electron chi connectivity index (χ0n) is 64.4. The van der Waals surface area contributed by atoms with Crippen LogP contribution >= 0.6 is 15.9 Å². The molecule has 0 aliphatic carbocycles. The normalized spacial score (nSPS) is 14.3. The Morgan fingerprint density at radius 2 is 0.900 bits per heavy atom. The van der Waals surface area contributed by atoms with E-state index in [9.17, 15) is 28.8 Å². The minimum absolute atomic E-state index is 0.0427. The fourth-order valence-electron chi connectivity index (χ4n) is 13.4. The van der Waals surface area contributed by atoms with Crippen LogP contribution in [0.25, 0.3) is 68.3 Å². The predicted molar refractivity (Wildman–Crippen MR) is 440 cm³/mol. The molecule has 0 bridgehead atoms. The maximum absolute atomic E-state index is 13.0. The Kier molecular flexibility index (Phi) is 26.1. The first-order valence-electron chi connectivity index (χ1n) is 37.2. The minimum Gasteiger partial charge on any atom is -0.456 e. The Labute approximate surface area is 651 Å². The number of aromatic nitrogens is 2. The number of furan rings is 3. The quantitative estimate of drug-likeness (QED) is 0.0213. The van der Waals surface area contributed by atoms with Crippen molar-refractivity contribution >= 4 is 93.0 Å². The van der Waals surface area contributed by atoms with Crippen molar-refractivity contribution < 1.29 is 51.3 Å². The number of aryl methyl sites for hydroxylation is 2. The average molecular weight is 1550 g/mol. The number of aldehydes is 1. The highest BCUT2D eigenvalue weighted by Crippen LogP contribution is 2.40. The Morgan fingerprint density at radius 3 is 1.35 bits per heavy atom. The standard InChI is InChI=1S/C32H34N4O3.C18H13NO2.C14H18BNO3.C14H23N3O2.C10H7BrO/c1-5-36(6-2)17-16-33-32(38)30-20(3)27(34-21(30)4)19-25-24-18-23(12-13-26(24)35-31(25)37)29-15-14-28(39-29)22-10-8-7-9-11-22;20-18-11-14-10-13(6-7-15(14)19-18)17-9-8-16(21-17)12-4-2-1-3-5-12;1-13(2)14(3,4)19-15(18-13)10-5-6-11-9(7-10)8-12(17)16-11;1-5-17(6-2)8-7-15-14(19)13-10(3)12(9-18)16-11(13)4;11-10-7-6-9(12-10)8-4-2-1-3-5-8/h7-15,18-19,34H,5-6,16-17H2,1-4H3,(H,33,38)(H,35,37);1-10H,11H2,(H,19,20);5-7H,8H2,1-4H3,(H,16,17);9,16H,5-8H2,1-4H3,(H,15,19);1-7H/b25-19-;;;;. The van der Waals surface area contributed by atoms with Gasteiger partial charge in [0, 0.05) is 93.7 Å². The first kappa shape index (κ1) is 79.9. The number of anilines is 3. The summed E-state index contributed by atoms with van der Waals surface area (Å²) in [7, 11) is -0.369. The Hall–Kier alpha value is -11.1. The van der Waals surface area contributed by atoms with Crippen LogP contribution < -0.4 is 32.0 Å². The van der Waals surface area contributed by atoms with Gasteiger partial charge < -0.3 is 68.9 Å². The van der Waals surface area contributed by atoms with E-state index in [0.717, 1.165) is 169 Å². The molecule has 0 unspecified atom stereocenters. The molecule has 22 heteroatoms. The second kappa shape index (κ2) is 35.9. The van der Waals surface area contributed by atoms with Crippen molar-refractivity contribution in [3.8, 4) is 56.6 Å². The molecule has 11 aromatic rings. The molecule has 568 valence electrons. The van der Waals surface area contributed by atoms with Gasteiger partial charge in [-0.2, -0.15) is 0 Å². The van der Waals surface area contributed by atoms with Gasteiger partial charge in [-0.1, -0.05) is 131 Å². The maximum atomic E-state index is 13.0. The number of hydrogen-bond donors (Lipinski definition) is 7. The van der Waals surface area contributed by atoms with Gasteiger partial charge in [0.1, 0.15) is 28.8 Å². The van der Waals surface area contributed by atoms with Gasteiger partial charge >= 0.3 is 7.12 Å². The Balaban J connectivity index is 0.000000145. The van der Waals surface area contributed by atoms with E-state index in [0.29, 0.717) is 53.9 Å². The SMILES string of the molecule is Brc1ccc(-c2ccccc2)o1.CC1(C)OB(c2ccc3c(c2)CC(=O)N3)OC1(C)C.CCN(CC)CCNC(=O)c1c(C)[nH]c(/C=C2\C(=O)Nc3ccc(-c4ccc(-c5ccccc5)o4)cc32)c1C.CCN(CC)CCNC(=O)c1c(C)[nH]c(C=O)c1C.O=C1Cc2cc(-c3ccc(-c4ccccc4)o3)ccc2N1. The molecule has 1 saturated heterocycles. The monoisotopic (exact) mass is 1540 g/mol. The summed E-state index contributed by atoms with van der Waals surface area (Å²) < 4.78 is 30.2. The molecule has 110 heavy (non-hydrogen) atoms. The second-order valence-electron chi connectivity index (χ2n) is 28.1. The summed E-state index contributed by atoms with van der Waals surface area (Å²) in [5, 5.41) is 14.6. The van der Waals surface area contributed by atoms with Crippen molar-refractivity contribution in [2.75, 3.05) is 68.3 Å². The van der Waals surface area contributed by atoms with Crippen LogP contribution in [-0.4, -0.2) is 126 Å². The fraction of sp³-hybridized carbons (Fsp3) is 0.273. The third kappa shape index (κ3) is 19.1. The van der Waals surface area contributed by atoms with E-state index in [1.807, 2.05) is 230 Å². The first-order chi connectivity index (χ1) is 52.9. The second-order valence-corrected chi connectivity index (χ2v) is 28.9. The number of aromatic amines is 2. The molecule has 4 aliphatic rings. The summed E-state index contributed by atoms with van der Waals surface area (Å²) in [6, 6.07) is 59.2. The lowest BCUT2D eigenvalue weighted by Gasteiger charge is -2.32. The molecule has 1 fully saturated rings. The van der Waals surface area contributed by atoms with Gasteiger partial charge in [-0.05, 0) is 210 Å². The number of H-pyrrole nitrogens is 2. The van der Waals surface area contributed by atoms with Gasteiger partial charge in [0.2, 0.25) is 11.8 Å². The summed E-state index contributed by atoms with van der Waals surface area (Å²) in [6.45, 7) is 30.6. The number of nitrogens with one attached hydrogen (secondary N) is 7. The third-order valence-corrected chi connectivity index (χ3v) is 20.8. The molecule has 4 aliphatic heterocycles. The molecule has 9 heterocycles. The first-order valence-corrected chi connectivity index (χ1v) is 38.0. The van der Waals surface area contributed by atoms with Crippen LogP contribution in [0, 0.1) is 27.7 Å². The van der Waals surface area contributed by atoms with E-state index in [2.05, 4.69) is 90.0 Å². The minimum atomic E-state index is -0.369. The zero-order valence-corrected chi connectivity index (χ0v) is 66.0. The fourth-order valence-corrected chi connectivity index (χ4v) is 13.7. The van der Waals surface area contributed by atoms with E-state index < -0.39 is 0 Å². The predicted octanol–water partition coefficient (Wildman–Crippen LogP) is 16.9. The van der Waals surface area contributed by atoms with Gasteiger partial charge in [0.05, 0.1) is 46.4 Å². The molecule has 0 radical (unpaired) electrons. The van der Waals surface area contributed by atoms with Crippen LogP contribution in [0.1, 0.15) is 131 Å². The van der Waals surface area contributed by atoms with Crippen LogP contribution in [0.5, 0.6) is 0 Å². The van der Waals surface area contributed by atoms with E-state index in [4.69, 9.17) is 22.6 Å². The third-order valence-electron chi connectivity index (χ3n) is 20.4. The zero-order chi connectivity index (χ0) is 78.4. The van der Waals surface area contributed by atoms with Gasteiger partial charge in [0.15, 0.2) is 11.0 Å². The maximum Gasteiger partial charge on any atom is 0.494 e. The molecule has 5 amide bonds. The summed E-state index contributed by atoms with van der Waals surface area (Å²) in [4.78, 5) is 82.4. The number of likely N-dealkylation sites (N-methyl/N-ethyl adjacent to an activating group) is 2. The van der Waals surface area contributed by atoms with Gasteiger partial charge in [-0.25, -0.2) is 0 Å². The highest BCUT2D eigenvalue weighted by atomic mass is 79.9. The Morgan fingerprint density at radius 1 is 0.491 bits per heavy atom. The van der Waals surface area contributed by atoms with E-state index >= 15 is 0 Å². The van der Waals surface area contributed by atoms with Crippen LogP contribution in [-0.2, 0) is 36.5 Å².